The van der Waals surface area contributed by atoms with Crippen LogP contribution in [-0.4, -0.2) is 89.2 Å². The molecule has 0 saturated carbocycles. The molecular weight excluding hydrogens is 654 g/mol. The third-order valence-electron chi connectivity index (χ3n) is 8.06. The number of nitrogens with two attached hydrogens (primary N) is 4. The first kappa shape index (κ1) is 37.0. The molecule has 4 atom stereocenters. The first-order valence-corrected chi connectivity index (χ1v) is 15.8. The Hall–Kier alpha value is -5.84. The van der Waals surface area contributed by atoms with Crippen LogP contribution < -0.4 is 38.9 Å². The minimum atomic E-state index is -1.25. The molecule has 50 heavy (non-hydrogen) atoms. The number of H-pyrrole nitrogens is 1. The Morgan fingerprint density at radius 1 is 0.980 bits per heavy atom. The fraction of sp³-hybridized carbons (Fsp3) is 0.333. The molecule has 1 aliphatic heterocycles. The summed E-state index contributed by atoms with van der Waals surface area (Å²) >= 11 is 0. The van der Waals surface area contributed by atoms with Crippen LogP contribution in [0.2, 0.25) is 0 Å². The second kappa shape index (κ2) is 17.0. The molecule has 1 aliphatic rings. The Kier molecular flexibility index (Phi) is 12.6. The topological polar surface area (TPSA) is 257 Å². The first-order valence-electron chi connectivity index (χ1n) is 15.8. The lowest BCUT2D eigenvalue weighted by molar-refractivity contribution is -0.139. The number of fused-ring (bicyclic) bond motifs is 1. The molecule has 0 bridgehead atoms. The van der Waals surface area contributed by atoms with Gasteiger partial charge in [-0.15, -0.1) is 0 Å². The highest BCUT2D eigenvalue weighted by Gasteiger charge is 2.35. The molecule has 0 radical (unpaired) electrons. The van der Waals surface area contributed by atoms with Crippen molar-refractivity contribution in [3.05, 3.63) is 83.6 Å². The maximum Gasteiger partial charge on any atom is 0.247 e. The summed E-state index contributed by atoms with van der Waals surface area (Å²) in [4.78, 5) is 73.0. The van der Waals surface area contributed by atoms with Crippen molar-refractivity contribution < 1.29 is 32.8 Å². The summed E-state index contributed by atoms with van der Waals surface area (Å²) in [5.41, 5.74) is 24.0. The summed E-state index contributed by atoms with van der Waals surface area (Å²) in [6, 6.07) is 5.69. The van der Waals surface area contributed by atoms with Crippen LogP contribution in [-0.2, 0) is 36.8 Å². The van der Waals surface area contributed by atoms with Crippen LogP contribution >= 0.6 is 0 Å². The van der Waals surface area contributed by atoms with Gasteiger partial charge in [-0.3, -0.25) is 29.0 Å². The van der Waals surface area contributed by atoms with Gasteiger partial charge >= 0.3 is 0 Å². The Morgan fingerprint density at radius 2 is 1.74 bits per heavy atom. The number of halogens is 2. The standard InChI is InChI=1S/C33H40F2N10O5/c34-20-10-9-18(22(35)15-20)13-23(36)32(50)45-12-4-8-27(45)31(49)44-25(7-3-11-40-33(38)39)30(48)42-17-28(46)43-26(29(37)47)14-19-16-41-24-6-2-1-5-21(19)24/h1-2,4-6,8-10,15-16,23,25-27,41H,3,7,11-14,17,36H2,(H2,37,47)(H,42,48)(H,43,46)(H,44,49)(H4,38,39,40)/t23-,25-,26-,27-/m0/s1. The monoisotopic (exact) mass is 694 g/mol. The van der Waals surface area contributed by atoms with Crippen molar-refractivity contribution in [2.45, 2.75) is 49.9 Å². The van der Waals surface area contributed by atoms with Gasteiger partial charge in [0.1, 0.15) is 29.8 Å². The number of nitrogens with zero attached hydrogens (tertiary/aromatic N) is 2. The number of amides is 5. The van der Waals surface area contributed by atoms with E-state index < -0.39 is 71.9 Å². The molecule has 12 N–H and O–H groups in total. The number of aromatic amines is 1. The maximum atomic E-state index is 14.2. The number of primary amides is 1. The zero-order valence-corrected chi connectivity index (χ0v) is 27.0. The molecule has 0 fully saturated rings. The molecule has 0 aliphatic carbocycles. The smallest absolute Gasteiger partial charge is 0.247 e. The van der Waals surface area contributed by atoms with E-state index in [-0.39, 0.29) is 50.3 Å². The van der Waals surface area contributed by atoms with Crippen molar-refractivity contribution in [3.8, 4) is 0 Å². The molecule has 0 spiro atoms. The van der Waals surface area contributed by atoms with Gasteiger partial charge in [-0.1, -0.05) is 36.4 Å². The van der Waals surface area contributed by atoms with Crippen LogP contribution in [0.25, 0.3) is 10.9 Å². The van der Waals surface area contributed by atoms with Crippen LogP contribution in [0.5, 0.6) is 0 Å². The Morgan fingerprint density at radius 3 is 2.46 bits per heavy atom. The van der Waals surface area contributed by atoms with Crippen molar-refractivity contribution in [1.29, 1.82) is 0 Å². The van der Waals surface area contributed by atoms with Crippen LogP contribution in [0, 0.1) is 11.6 Å². The number of nitrogens with one attached hydrogen (secondary N) is 4. The van der Waals surface area contributed by atoms with Gasteiger partial charge in [0, 0.05) is 42.7 Å². The van der Waals surface area contributed by atoms with Crippen LogP contribution in [0.1, 0.15) is 24.0 Å². The SMILES string of the molecule is NC(=O)[C@H](Cc1c[nH]c2ccccc12)NC(=O)CNC(=O)[C@H](CCCN=C(N)N)NC(=O)[C@@H]1C=CCN1C(=O)[C@@H](N)Cc1ccc(F)cc1F. The second-order valence-electron chi connectivity index (χ2n) is 11.7. The number of guanidine groups is 1. The number of aliphatic imine (C=N–C) groups is 1. The number of rotatable bonds is 16. The zero-order valence-electron chi connectivity index (χ0n) is 27.0. The Bertz CT molecular complexity index is 1790. The number of aromatic nitrogens is 1. The van der Waals surface area contributed by atoms with Gasteiger partial charge in [-0.05, 0) is 42.5 Å². The molecule has 2 aromatic carbocycles. The minimum Gasteiger partial charge on any atom is -0.370 e. The number of carbonyl (C=O) groups is 5. The van der Waals surface area contributed by atoms with E-state index in [1.807, 2.05) is 24.3 Å². The Labute approximate surface area is 285 Å². The number of hydrogen-bond donors (Lipinski definition) is 8. The predicted octanol–water partition coefficient (Wildman–Crippen LogP) is -1.05. The summed E-state index contributed by atoms with van der Waals surface area (Å²) < 4.78 is 27.5. The van der Waals surface area contributed by atoms with E-state index in [1.165, 1.54) is 17.0 Å². The van der Waals surface area contributed by atoms with E-state index in [1.54, 1.807) is 12.3 Å². The van der Waals surface area contributed by atoms with Gasteiger partial charge in [0.05, 0.1) is 12.6 Å². The lowest BCUT2D eigenvalue weighted by atomic mass is 10.0. The third kappa shape index (κ3) is 9.85. The number of hydrogen-bond acceptors (Lipinski definition) is 7. The number of para-hydroxylation sites is 1. The summed E-state index contributed by atoms with van der Waals surface area (Å²) in [6.45, 7) is -0.378. The van der Waals surface area contributed by atoms with Gasteiger partial charge < -0.3 is 48.8 Å². The maximum absolute atomic E-state index is 14.2. The molecule has 15 nitrogen and oxygen atoms in total. The molecule has 17 heteroatoms. The summed E-state index contributed by atoms with van der Waals surface area (Å²) in [7, 11) is 0. The molecule has 5 amide bonds. The van der Waals surface area contributed by atoms with E-state index in [9.17, 15) is 32.8 Å². The van der Waals surface area contributed by atoms with Crippen molar-refractivity contribution in [2.24, 2.45) is 27.9 Å². The van der Waals surface area contributed by atoms with Gasteiger partial charge in [-0.25, -0.2) is 8.78 Å². The normalized spacial score (nSPS) is 15.6. The Balaban J connectivity index is 1.37. The lowest BCUT2D eigenvalue weighted by Crippen LogP contribution is -2.56. The molecule has 2 heterocycles. The van der Waals surface area contributed by atoms with Gasteiger partial charge in [0.2, 0.25) is 29.5 Å². The van der Waals surface area contributed by atoms with Crippen LogP contribution in [0.15, 0.2) is 65.8 Å². The molecule has 266 valence electrons. The number of benzene rings is 2. The largest absolute Gasteiger partial charge is 0.370 e. The summed E-state index contributed by atoms with van der Waals surface area (Å²) in [6.07, 6.45) is 4.91. The quantitative estimate of drug-likeness (QED) is 0.0396. The zero-order chi connectivity index (χ0) is 36.4. The molecule has 0 unspecified atom stereocenters. The van der Waals surface area contributed by atoms with E-state index in [0.717, 1.165) is 22.5 Å². The fourth-order valence-electron chi connectivity index (χ4n) is 5.51. The molecule has 1 aromatic heterocycles. The van der Waals surface area contributed by atoms with E-state index in [4.69, 9.17) is 22.9 Å². The molecule has 0 saturated heterocycles. The van der Waals surface area contributed by atoms with Crippen molar-refractivity contribution in [1.82, 2.24) is 25.8 Å². The summed E-state index contributed by atoms with van der Waals surface area (Å²) in [5, 5.41) is 8.46. The van der Waals surface area contributed by atoms with E-state index in [2.05, 4.69) is 25.9 Å². The highest BCUT2D eigenvalue weighted by atomic mass is 19.1. The van der Waals surface area contributed by atoms with E-state index in [0.29, 0.717) is 6.07 Å². The second-order valence-corrected chi connectivity index (χ2v) is 11.7. The molecular formula is C33H40F2N10O5. The highest BCUT2D eigenvalue weighted by Crippen LogP contribution is 2.19. The summed E-state index contributed by atoms with van der Waals surface area (Å²) in [5.74, 6) is -5.38. The average Bonchev–Trinajstić information content (AvgIpc) is 3.73. The number of carbonyl (C=O) groups excluding carboxylic acids is 5. The minimum absolute atomic E-state index is 0.0254. The van der Waals surface area contributed by atoms with Crippen LogP contribution in [0.3, 0.4) is 0 Å². The fourth-order valence-corrected chi connectivity index (χ4v) is 5.51. The molecule has 3 aromatic rings. The first-order chi connectivity index (χ1) is 23.8. The van der Waals surface area contributed by atoms with Crippen molar-refractivity contribution in [3.63, 3.8) is 0 Å². The predicted molar refractivity (Wildman–Crippen MR) is 181 cm³/mol. The third-order valence-corrected chi connectivity index (χ3v) is 8.06. The van der Waals surface area contributed by atoms with Gasteiger partial charge in [0.25, 0.3) is 0 Å². The van der Waals surface area contributed by atoms with Gasteiger partial charge in [-0.2, -0.15) is 0 Å². The molecule has 4 rings (SSSR count). The van der Waals surface area contributed by atoms with Crippen molar-refractivity contribution >= 4 is 46.4 Å². The average molecular weight is 695 g/mol. The van der Waals surface area contributed by atoms with Crippen LogP contribution in [0.4, 0.5) is 8.78 Å². The highest BCUT2D eigenvalue weighted by molar-refractivity contribution is 5.96. The van der Waals surface area contributed by atoms with Gasteiger partial charge in [0.15, 0.2) is 5.96 Å². The lowest BCUT2D eigenvalue weighted by Gasteiger charge is -2.28. The van der Waals surface area contributed by atoms with E-state index >= 15 is 0 Å². The van der Waals surface area contributed by atoms with Crippen molar-refractivity contribution in [2.75, 3.05) is 19.6 Å².